The van der Waals surface area contributed by atoms with E-state index < -0.39 is 11.7 Å². The fourth-order valence-corrected chi connectivity index (χ4v) is 3.00. The first-order chi connectivity index (χ1) is 11.8. The van der Waals surface area contributed by atoms with Crippen molar-refractivity contribution >= 4 is 23.2 Å². The number of halogens is 1. The van der Waals surface area contributed by atoms with Crippen molar-refractivity contribution in [2.75, 3.05) is 16.8 Å². The summed E-state index contributed by atoms with van der Waals surface area (Å²) in [6, 6.07) is 10.4. The number of aryl methyl sites for hydroxylation is 3. The molecule has 2 amide bonds. The Bertz CT molecular complexity index is 848. The van der Waals surface area contributed by atoms with E-state index in [2.05, 4.69) is 5.32 Å². The Kier molecular flexibility index (Phi) is 4.57. The van der Waals surface area contributed by atoms with Crippen LogP contribution in [0.2, 0.25) is 0 Å². The highest BCUT2D eigenvalue weighted by atomic mass is 19.1. The number of hydrogen-bond acceptors (Lipinski definition) is 2. The van der Waals surface area contributed by atoms with E-state index in [0.717, 1.165) is 22.4 Å². The predicted molar refractivity (Wildman–Crippen MR) is 96.1 cm³/mol. The second-order valence-electron chi connectivity index (χ2n) is 6.65. The molecule has 0 spiro atoms. The number of anilines is 2. The molecule has 0 bridgehead atoms. The highest BCUT2D eigenvalue weighted by Gasteiger charge is 2.35. The van der Waals surface area contributed by atoms with Gasteiger partial charge in [-0.2, -0.15) is 0 Å². The van der Waals surface area contributed by atoms with Crippen LogP contribution in [-0.4, -0.2) is 18.4 Å². The van der Waals surface area contributed by atoms with Gasteiger partial charge in [0, 0.05) is 18.7 Å². The van der Waals surface area contributed by atoms with Crippen LogP contribution in [0.4, 0.5) is 15.8 Å². The third-order valence-electron chi connectivity index (χ3n) is 4.68. The van der Waals surface area contributed by atoms with E-state index in [1.165, 1.54) is 6.07 Å². The molecule has 0 saturated carbocycles. The summed E-state index contributed by atoms with van der Waals surface area (Å²) in [5.74, 6) is -1.39. The molecule has 1 saturated heterocycles. The van der Waals surface area contributed by atoms with Gasteiger partial charge in [-0.05, 0) is 61.7 Å². The van der Waals surface area contributed by atoms with Crippen LogP contribution in [0.15, 0.2) is 36.4 Å². The van der Waals surface area contributed by atoms with Crippen LogP contribution in [0.25, 0.3) is 0 Å². The van der Waals surface area contributed by atoms with Crippen LogP contribution >= 0.6 is 0 Å². The predicted octanol–water partition coefficient (Wildman–Crippen LogP) is 3.74. The molecule has 0 aliphatic carbocycles. The first-order valence-electron chi connectivity index (χ1n) is 8.30. The van der Waals surface area contributed by atoms with E-state index in [1.807, 2.05) is 39.0 Å². The number of carbonyl (C=O) groups excluding carboxylic acids is 2. The Morgan fingerprint density at radius 3 is 2.60 bits per heavy atom. The topological polar surface area (TPSA) is 49.4 Å². The number of carbonyl (C=O) groups is 2. The third kappa shape index (κ3) is 3.55. The normalized spacial score (nSPS) is 17.0. The van der Waals surface area contributed by atoms with Gasteiger partial charge < -0.3 is 10.2 Å². The first kappa shape index (κ1) is 17.1. The zero-order valence-electron chi connectivity index (χ0n) is 14.6. The van der Waals surface area contributed by atoms with E-state index in [-0.39, 0.29) is 23.9 Å². The van der Waals surface area contributed by atoms with Crippen LogP contribution in [0, 0.1) is 32.5 Å². The lowest BCUT2D eigenvalue weighted by atomic mass is 10.1. The Morgan fingerprint density at radius 1 is 1.12 bits per heavy atom. The zero-order chi connectivity index (χ0) is 18.1. The minimum absolute atomic E-state index is 0.0897. The number of rotatable bonds is 3. The van der Waals surface area contributed by atoms with E-state index in [0.29, 0.717) is 6.54 Å². The molecule has 130 valence electrons. The molecule has 0 unspecified atom stereocenters. The van der Waals surface area contributed by atoms with Gasteiger partial charge in [-0.3, -0.25) is 9.59 Å². The second kappa shape index (κ2) is 6.67. The summed E-state index contributed by atoms with van der Waals surface area (Å²) in [4.78, 5) is 26.4. The molecule has 25 heavy (non-hydrogen) atoms. The Balaban J connectivity index is 1.74. The van der Waals surface area contributed by atoms with Gasteiger partial charge in [-0.25, -0.2) is 4.39 Å². The Labute approximate surface area is 146 Å². The van der Waals surface area contributed by atoms with Gasteiger partial charge in [0.1, 0.15) is 5.82 Å². The van der Waals surface area contributed by atoms with Gasteiger partial charge in [-0.1, -0.05) is 12.1 Å². The van der Waals surface area contributed by atoms with Crippen LogP contribution in [0.3, 0.4) is 0 Å². The summed E-state index contributed by atoms with van der Waals surface area (Å²) in [5.41, 5.74) is 4.06. The smallest absolute Gasteiger partial charge is 0.229 e. The summed E-state index contributed by atoms with van der Waals surface area (Å²) in [7, 11) is 0. The van der Waals surface area contributed by atoms with Crippen molar-refractivity contribution in [2.24, 2.45) is 5.92 Å². The quantitative estimate of drug-likeness (QED) is 0.925. The average Bonchev–Trinajstić information content (AvgIpc) is 2.95. The molecule has 1 heterocycles. The van der Waals surface area contributed by atoms with Gasteiger partial charge in [0.05, 0.1) is 11.6 Å². The maximum atomic E-state index is 13.8. The number of nitrogens with one attached hydrogen (secondary N) is 1. The molecule has 0 radical (unpaired) electrons. The molecule has 2 aromatic rings. The molecule has 1 aliphatic rings. The van der Waals surface area contributed by atoms with E-state index in [4.69, 9.17) is 0 Å². The molecule has 1 N–H and O–H groups in total. The van der Waals surface area contributed by atoms with Crippen molar-refractivity contribution in [3.8, 4) is 0 Å². The fourth-order valence-electron chi connectivity index (χ4n) is 3.00. The maximum Gasteiger partial charge on any atom is 0.229 e. The van der Waals surface area contributed by atoms with E-state index in [1.54, 1.807) is 17.0 Å². The molecule has 5 heteroatoms. The molecule has 3 rings (SSSR count). The summed E-state index contributed by atoms with van der Waals surface area (Å²) in [6.45, 7) is 6.14. The summed E-state index contributed by atoms with van der Waals surface area (Å²) in [5, 5.41) is 2.61. The summed E-state index contributed by atoms with van der Waals surface area (Å²) >= 11 is 0. The number of benzene rings is 2. The molecule has 2 aromatic carbocycles. The summed E-state index contributed by atoms with van der Waals surface area (Å²) in [6.07, 6.45) is 0.131. The Morgan fingerprint density at radius 2 is 1.88 bits per heavy atom. The molecule has 1 atom stereocenters. The van der Waals surface area contributed by atoms with Crippen molar-refractivity contribution in [3.63, 3.8) is 0 Å². The maximum absolute atomic E-state index is 13.8. The van der Waals surface area contributed by atoms with Crippen molar-refractivity contribution in [1.82, 2.24) is 0 Å². The van der Waals surface area contributed by atoms with Crippen molar-refractivity contribution in [3.05, 3.63) is 58.9 Å². The minimum Gasteiger partial charge on any atom is -0.323 e. The molecule has 1 aliphatic heterocycles. The molecule has 1 fully saturated rings. The van der Waals surface area contributed by atoms with Gasteiger partial charge in [0.2, 0.25) is 11.8 Å². The largest absolute Gasteiger partial charge is 0.323 e. The number of amides is 2. The molecular weight excluding hydrogens is 319 g/mol. The number of hydrogen-bond donors (Lipinski definition) is 1. The lowest BCUT2D eigenvalue weighted by Gasteiger charge is -2.18. The first-order valence-corrected chi connectivity index (χ1v) is 8.30. The third-order valence-corrected chi connectivity index (χ3v) is 4.68. The average molecular weight is 340 g/mol. The van der Waals surface area contributed by atoms with Gasteiger partial charge in [-0.15, -0.1) is 0 Å². The highest BCUT2D eigenvalue weighted by molar-refractivity contribution is 6.03. The SMILES string of the molecule is Cc1ccc(F)c(NC(=O)[C@H]2CC(=O)N(c3ccc(C)c(C)c3)C2)c1. The standard InChI is InChI=1S/C20H21FN2O2/c1-12-4-7-17(21)18(8-12)22-20(25)15-10-19(24)23(11-15)16-6-5-13(2)14(3)9-16/h4-9,15H,10-11H2,1-3H3,(H,22,25)/t15-/m0/s1. The van der Waals surface area contributed by atoms with Gasteiger partial charge >= 0.3 is 0 Å². The Hall–Kier alpha value is -2.69. The lowest BCUT2D eigenvalue weighted by molar-refractivity contribution is -0.122. The van der Waals surface area contributed by atoms with Crippen LogP contribution in [0.1, 0.15) is 23.1 Å². The van der Waals surface area contributed by atoms with E-state index >= 15 is 0 Å². The summed E-state index contributed by atoms with van der Waals surface area (Å²) < 4.78 is 13.8. The fraction of sp³-hybridized carbons (Fsp3) is 0.300. The van der Waals surface area contributed by atoms with E-state index in [9.17, 15) is 14.0 Å². The highest BCUT2D eigenvalue weighted by Crippen LogP contribution is 2.28. The minimum atomic E-state index is -0.492. The molecule has 4 nitrogen and oxygen atoms in total. The van der Waals surface area contributed by atoms with Crippen LogP contribution in [-0.2, 0) is 9.59 Å². The number of nitrogens with zero attached hydrogens (tertiary/aromatic N) is 1. The molecular formula is C20H21FN2O2. The molecule has 0 aromatic heterocycles. The van der Waals surface area contributed by atoms with Gasteiger partial charge in [0.25, 0.3) is 0 Å². The van der Waals surface area contributed by atoms with Crippen LogP contribution in [0.5, 0.6) is 0 Å². The monoisotopic (exact) mass is 340 g/mol. The van der Waals surface area contributed by atoms with Crippen LogP contribution < -0.4 is 10.2 Å². The van der Waals surface area contributed by atoms with Gasteiger partial charge in [0.15, 0.2) is 0 Å². The van der Waals surface area contributed by atoms with Crippen molar-refractivity contribution in [2.45, 2.75) is 27.2 Å². The van der Waals surface area contributed by atoms with Crippen molar-refractivity contribution < 1.29 is 14.0 Å². The second-order valence-corrected chi connectivity index (χ2v) is 6.65. The van der Waals surface area contributed by atoms with Crippen molar-refractivity contribution in [1.29, 1.82) is 0 Å². The zero-order valence-corrected chi connectivity index (χ0v) is 14.6. The lowest BCUT2D eigenvalue weighted by Crippen LogP contribution is -2.28.